The first-order valence-corrected chi connectivity index (χ1v) is 12.5. The Morgan fingerprint density at radius 1 is 1.06 bits per heavy atom. The number of anilines is 1. The number of hydrogen-bond donors (Lipinski definition) is 2. The molecule has 35 heavy (non-hydrogen) atoms. The molecule has 6 rings (SSSR count). The lowest BCUT2D eigenvalue weighted by Crippen LogP contribution is -2.37. The van der Waals surface area contributed by atoms with Crippen LogP contribution in [0.3, 0.4) is 0 Å². The van der Waals surface area contributed by atoms with E-state index in [0.29, 0.717) is 17.5 Å². The average molecular weight is 495 g/mol. The Bertz CT molecular complexity index is 1200. The van der Waals surface area contributed by atoms with Crippen LogP contribution in [0.2, 0.25) is 5.02 Å². The third kappa shape index (κ3) is 4.74. The summed E-state index contributed by atoms with van der Waals surface area (Å²) >= 11 is 6.46. The van der Waals surface area contributed by atoms with E-state index in [1.807, 2.05) is 36.4 Å². The topological polar surface area (TPSA) is 88.9 Å². The molecule has 3 aromatic rings. The Hall–Kier alpha value is -3.07. The highest BCUT2D eigenvalue weighted by Gasteiger charge is 2.33. The SMILES string of the molecule is O=C1NC(c2ccc(N3CCC(OCc4c(-c5ccccc5Cl)noc4C4CC4)CC3)cc2)NO1. The number of nitrogens with zero attached hydrogens (tertiary/aromatic N) is 2. The molecule has 1 aromatic heterocycles. The Morgan fingerprint density at radius 3 is 2.51 bits per heavy atom. The predicted octanol–water partition coefficient (Wildman–Crippen LogP) is 5.30. The van der Waals surface area contributed by atoms with Crippen molar-refractivity contribution in [1.82, 2.24) is 16.0 Å². The van der Waals surface area contributed by atoms with E-state index >= 15 is 0 Å². The van der Waals surface area contributed by atoms with Gasteiger partial charge in [-0.1, -0.05) is 47.1 Å². The number of amides is 1. The van der Waals surface area contributed by atoms with Crippen molar-refractivity contribution in [3.8, 4) is 11.3 Å². The van der Waals surface area contributed by atoms with Gasteiger partial charge in [-0.2, -0.15) is 0 Å². The van der Waals surface area contributed by atoms with Crippen molar-refractivity contribution in [2.45, 2.75) is 50.5 Å². The molecule has 9 heteroatoms. The first-order valence-electron chi connectivity index (χ1n) is 12.1. The van der Waals surface area contributed by atoms with Gasteiger partial charge in [0, 0.05) is 35.8 Å². The zero-order chi connectivity index (χ0) is 23.8. The van der Waals surface area contributed by atoms with Crippen molar-refractivity contribution in [2.24, 2.45) is 0 Å². The molecule has 8 nitrogen and oxygen atoms in total. The predicted molar refractivity (Wildman–Crippen MR) is 131 cm³/mol. The fraction of sp³-hybridized carbons (Fsp3) is 0.385. The first-order chi connectivity index (χ1) is 17.2. The lowest BCUT2D eigenvalue weighted by atomic mass is 10.0. The molecular weight excluding hydrogens is 468 g/mol. The van der Waals surface area contributed by atoms with E-state index in [1.165, 1.54) is 0 Å². The Balaban J connectivity index is 1.08. The highest BCUT2D eigenvalue weighted by molar-refractivity contribution is 6.33. The van der Waals surface area contributed by atoms with E-state index in [4.69, 9.17) is 25.7 Å². The Morgan fingerprint density at radius 2 is 1.83 bits per heavy atom. The summed E-state index contributed by atoms with van der Waals surface area (Å²) in [5.74, 6) is 1.40. The number of hydrogen-bond acceptors (Lipinski definition) is 7. The van der Waals surface area contributed by atoms with Crippen molar-refractivity contribution in [3.63, 3.8) is 0 Å². The van der Waals surface area contributed by atoms with Crippen LogP contribution in [0.15, 0.2) is 53.1 Å². The number of nitrogens with one attached hydrogen (secondary N) is 2. The molecule has 3 heterocycles. The summed E-state index contributed by atoms with van der Waals surface area (Å²) in [5.41, 5.74) is 7.51. The van der Waals surface area contributed by atoms with E-state index in [-0.39, 0.29) is 12.3 Å². The van der Waals surface area contributed by atoms with Gasteiger partial charge in [0.1, 0.15) is 17.6 Å². The third-order valence-electron chi connectivity index (χ3n) is 6.92. The summed E-state index contributed by atoms with van der Waals surface area (Å²) in [4.78, 5) is 18.3. The molecular formula is C26H27ClN4O4. The molecule has 3 fully saturated rings. The minimum Gasteiger partial charge on any atom is -0.373 e. The van der Waals surface area contributed by atoms with E-state index in [1.54, 1.807) is 0 Å². The number of aromatic nitrogens is 1. The maximum absolute atomic E-state index is 11.2. The summed E-state index contributed by atoms with van der Waals surface area (Å²) in [6.07, 6.45) is 3.57. The van der Waals surface area contributed by atoms with Crippen LogP contribution in [-0.2, 0) is 16.2 Å². The first kappa shape index (κ1) is 22.4. The summed E-state index contributed by atoms with van der Waals surface area (Å²) in [6, 6.07) is 15.9. The second-order valence-electron chi connectivity index (χ2n) is 9.30. The lowest BCUT2D eigenvalue weighted by Gasteiger charge is -2.33. The van der Waals surface area contributed by atoms with E-state index in [2.05, 4.69) is 33.0 Å². The number of benzene rings is 2. The summed E-state index contributed by atoms with van der Waals surface area (Å²) < 4.78 is 12.2. The number of carbonyl (C=O) groups excluding carboxylic acids is 1. The molecule has 2 N–H and O–H groups in total. The molecule has 0 radical (unpaired) electrons. The van der Waals surface area contributed by atoms with Crippen LogP contribution in [0.1, 0.15) is 54.7 Å². The van der Waals surface area contributed by atoms with Crippen LogP contribution in [0.5, 0.6) is 0 Å². The molecule has 1 unspecified atom stereocenters. The van der Waals surface area contributed by atoms with Gasteiger partial charge in [0.2, 0.25) is 0 Å². The monoisotopic (exact) mass is 494 g/mol. The average Bonchev–Trinajstić information content (AvgIpc) is 3.50. The zero-order valence-corrected chi connectivity index (χ0v) is 20.0. The molecule has 2 aliphatic heterocycles. The van der Waals surface area contributed by atoms with Crippen molar-refractivity contribution >= 4 is 23.4 Å². The smallest absolute Gasteiger partial charge is 0.373 e. The molecule has 1 atom stereocenters. The van der Waals surface area contributed by atoms with Gasteiger partial charge in [0.15, 0.2) is 0 Å². The van der Waals surface area contributed by atoms with Crippen LogP contribution in [0.25, 0.3) is 11.3 Å². The number of rotatable bonds is 7. The van der Waals surface area contributed by atoms with Gasteiger partial charge in [-0.25, -0.2) is 4.79 Å². The second kappa shape index (κ2) is 9.53. The van der Waals surface area contributed by atoms with E-state index < -0.39 is 6.09 Å². The van der Waals surface area contributed by atoms with E-state index in [0.717, 1.165) is 72.6 Å². The van der Waals surface area contributed by atoms with Gasteiger partial charge in [-0.05, 0) is 49.4 Å². The number of halogens is 1. The van der Waals surface area contributed by atoms with Crippen molar-refractivity contribution in [3.05, 3.63) is 70.4 Å². The number of piperidine rings is 1. The molecule has 3 aliphatic rings. The standard InChI is InChI=1S/C26H27ClN4O4/c27-22-4-2-1-3-20(22)23-21(24(34-29-23)16-5-6-16)15-33-19-11-13-31(14-12-19)18-9-7-17(8-10-18)25-28-26(32)35-30-25/h1-4,7-10,16,19,25,30H,5-6,11-15H2,(H,28,32). The van der Waals surface area contributed by atoms with Gasteiger partial charge in [0.25, 0.3) is 0 Å². The van der Waals surface area contributed by atoms with Gasteiger partial charge in [-0.15, -0.1) is 5.48 Å². The van der Waals surface area contributed by atoms with Crippen molar-refractivity contribution in [1.29, 1.82) is 0 Å². The molecule has 0 bridgehead atoms. The van der Waals surface area contributed by atoms with Crippen molar-refractivity contribution < 1.29 is 18.9 Å². The third-order valence-corrected chi connectivity index (χ3v) is 7.25. The minimum atomic E-state index is -0.462. The molecule has 2 aromatic carbocycles. The normalized spacial score (nSPS) is 20.7. The molecule has 1 saturated carbocycles. The maximum Gasteiger partial charge on any atom is 0.427 e. The Labute approximate surface area is 208 Å². The van der Waals surface area contributed by atoms with Crippen LogP contribution in [0, 0.1) is 0 Å². The van der Waals surface area contributed by atoms with Gasteiger partial charge < -0.3 is 19.0 Å². The summed E-state index contributed by atoms with van der Waals surface area (Å²) in [5, 5.41) is 7.76. The second-order valence-corrected chi connectivity index (χ2v) is 9.71. The lowest BCUT2D eigenvalue weighted by molar-refractivity contribution is 0.0246. The minimum absolute atomic E-state index is 0.182. The van der Waals surface area contributed by atoms with Gasteiger partial charge in [-0.3, -0.25) is 5.32 Å². The van der Waals surface area contributed by atoms with Crippen LogP contribution < -0.4 is 15.7 Å². The number of hydroxylamine groups is 1. The molecule has 0 spiro atoms. The van der Waals surface area contributed by atoms with Crippen LogP contribution in [0.4, 0.5) is 10.5 Å². The van der Waals surface area contributed by atoms with Crippen LogP contribution >= 0.6 is 11.6 Å². The van der Waals surface area contributed by atoms with E-state index in [9.17, 15) is 4.79 Å². The molecule has 182 valence electrons. The summed E-state index contributed by atoms with van der Waals surface area (Å²) in [6.45, 7) is 2.32. The largest absolute Gasteiger partial charge is 0.427 e. The molecule has 2 saturated heterocycles. The number of carbonyl (C=O) groups is 1. The van der Waals surface area contributed by atoms with Gasteiger partial charge in [0.05, 0.1) is 17.7 Å². The van der Waals surface area contributed by atoms with Crippen LogP contribution in [-0.4, -0.2) is 30.4 Å². The number of ether oxygens (including phenoxy) is 1. The quantitative estimate of drug-likeness (QED) is 0.460. The van der Waals surface area contributed by atoms with Gasteiger partial charge >= 0.3 is 6.09 Å². The zero-order valence-electron chi connectivity index (χ0n) is 19.2. The maximum atomic E-state index is 11.2. The fourth-order valence-electron chi connectivity index (χ4n) is 4.79. The highest BCUT2D eigenvalue weighted by atomic mass is 35.5. The Kier molecular flexibility index (Phi) is 6.10. The summed E-state index contributed by atoms with van der Waals surface area (Å²) in [7, 11) is 0. The molecule has 1 aliphatic carbocycles. The fourth-order valence-corrected chi connectivity index (χ4v) is 5.02. The molecule has 1 amide bonds. The van der Waals surface area contributed by atoms with Crippen molar-refractivity contribution in [2.75, 3.05) is 18.0 Å². The highest BCUT2D eigenvalue weighted by Crippen LogP contribution is 2.45.